The van der Waals surface area contributed by atoms with Crippen LogP contribution in [-0.4, -0.2) is 36.9 Å². The molecule has 1 atom stereocenters. The van der Waals surface area contributed by atoms with E-state index in [0.29, 0.717) is 0 Å². The minimum Gasteiger partial charge on any atom is -0.332 e. The number of rotatable bonds is 7. The third-order valence-electron chi connectivity index (χ3n) is 3.11. The number of hydrogen-bond acceptors (Lipinski definition) is 4. The molecule has 1 unspecified atom stereocenters. The molecule has 2 rings (SSSR count). The van der Waals surface area contributed by atoms with Gasteiger partial charge in [-0.05, 0) is 6.42 Å². The first-order chi connectivity index (χ1) is 8.92. The Labute approximate surface area is 108 Å². The summed E-state index contributed by atoms with van der Waals surface area (Å²) in [6.07, 6.45) is 10.9. The maximum absolute atomic E-state index is 4.53. The molecule has 0 fully saturated rings. The second kappa shape index (κ2) is 7.03. The van der Waals surface area contributed by atoms with Gasteiger partial charge in [0.25, 0.3) is 0 Å². The number of aliphatic imine (C=N–C) groups is 4. The molecule has 0 aromatic rings. The number of nitrogens with one attached hydrogen (secondary N) is 1. The summed E-state index contributed by atoms with van der Waals surface area (Å²) in [6.45, 7) is 3.08. The first-order valence-electron chi connectivity index (χ1n) is 6.84. The number of hydrogen-bond donors (Lipinski definition) is 1. The third kappa shape index (κ3) is 3.48. The zero-order valence-electron chi connectivity index (χ0n) is 11.0. The lowest BCUT2D eigenvalue weighted by atomic mass is 10.1. The average Bonchev–Trinajstić information content (AvgIpc) is 2.86. The number of fused-ring (bicyclic) bond motifs is 1. The second-order valence-corrected chi connectivity index (χ2v) is 4.59. The Bertz CT molecular complexity index is 381. The summed E-state index contributed by atoms with van der Waals surface area (Å²) in [5.74, 6) is 1.63. The van der Waals surface area contributed by atoms with Gasteiger partial charge in [-0.25, -0.2) is 9.98 Å². The van der Waals surface area contributed by atoms with E-state index in [0.717, 1.165) is 24.6 Å². The van der Waals surface area contributed by atoms with Crippen molar-refractivity contribution in [1.29, 1.82) is 0 Å². The Morgan fingerprint density at radius 3 is 2.94 bits per heavy atom. The molecule has 2 aliphatic heterocycles. The zero-order valence-corrected chi connectivity index (χ0v) is 11.0. The van der Waals surface area contributed by atoms with Gasteiger partial charge in [0.1, 0.15) is 12.2 Å². The van der Waals surface area contributed by atoms with Crippen molar-refractivity contribution in [3.05, 3.63) is 0 Å². The molecular formula is C13H21N5. The van der Waals surface area contributed by atoms with Gasteiger partial charge >= 0.3 is 0 Å². The largest absolute Gasteiger partial charge is 0.332 e. The van der Waals surface area contributed by atoms with Gasteiger partial charge in [-0.15, -0.1) is 0 Å². The molecule has 0 aromatic carbocycles. The van der Waals surface area contributed by atoms with E-state index in [2.05, 4.69) is 32.2 Å². The normalized spacial score (nSPS) is 23.1. The molecule has 5 heteroatoms. The van der Waals surface area contributed by atoms with Gasteiger partial charge in [-0.2, -0.15) is 0 Å². The van der Waals surface area contributed by atoms with E-state index in [-0.39, 0.29) is 6.04 Å². The first-order valence-corrected chi connectivity index (χ1v) is 6.84. The Kier molecular flexibility index (Phi) is 5.05. The number of unbranched alkanes of at least 4 members (excludes halogenated alkanes) is 5. The van der Waals surface area contributed by atoms with Crippen LogP contribution in [0, 0.1) is 0 Å². The standard InChI is InChI=1S/C13H21N5/c1-2-3-4-5-6-7-8-14-12-11-13(16-9-15-11)18-10-17-12/h9-11H,2-8H2,1H3,(H,14,15,16,17,18). The van der Waals surface area contributed by atoms with Crippen molar-refractivity contribution >= 4 is 24.3 Å². The summed E-state index contributed by atoms with van der Waals surface area (Å²) in [6, 6.07) is -0.0879. The van der Waals surface area contributed by atoms with Gasteiger partial charge < -0.3 is 5.32 Å². The van der Waals surface area contributed by atoms with E-state index in [1.165, 1.54) is 32.1 Å². The smallest absolute Gasteiger partial charge is 0.168 e. The summed E-state index contributed by atoms with van der Waals surface area (Å²) in [4.78, 5) is 17.1. The molecule has 1 N–H and O–H groups in total. The summed E-state index contributed by atoms with van der Waals surface area (Å²) in [5, 5.41) is 2.99. The van der Waals surface area contributed by atoms with Gasteiger partial charge in [-0.1, -0.05) is 39.0 Å². The zero-order chi connectivity index (χ0) is 12.6. The molecular weight excluding hydrogens is 226 g/mol. The molecule has 0 saturated heterocycles. The predicted octanol–water partition coefficient (Wildman–Crippen LogP) is 2.19. The van der Waals surface area contributed by atoms with E-state index in [9.17, 15) is 0 Å². The summed E-state index contributed by atoms with van der Waals surface area (Å²) >= 11 is 0. The van der Waals surface area contributed by atoms with Crippen LogP contribution in [0.15, 0.2) is 20.0 Å². The molecule has 98 valence electrons. The van der Waals surface area contributed by atoms with Crippen molar-refractivity contribution in [3.63, 3.8) is 0 Å². The molecule has 0 radical (unpaired) electrons. The van der Waals surface area contributed by atoms with Gasteiger partial charge in [0.2, 0.25) is 0 Å². The highest BCUT2D eigenvalue weighted by atomic mass is 15.2. The lowest BCUT2D eigenvalue weighted by molar-refractivity contribution is 0.612. The molecule has 18 heavy (non-hydrogen) atoms. The molecule has 0 amide bonds. The number of nitrogens with zero attached hydrogens (tertiary/aromatic N) is 4. The SMILES string of the molecule is CCCCCCCCN=C1N=CNC2=NC=NC12. The molecule has 0 bridgehead atoms. The predicted molar refractivity (Wildman–Crippen MR) is 77.0 cm³/mol. The van der Waals surface area contributed by atoms with Crippen molar-refractivity contribution in [2.75, 3.05) is 6.54 Å². The summed E-state index contributed by atoms with van der Waals surface area (Å²) in [5.41, 5.74) is 0. The lowest BCUT2D eigenvalue weighted by Crippen LogP contribution is -2.40. The molecule has 0 saturated carbocycles. The quantitative estimate of drug-likeness (QED) is 0.689. The van der Waals surface area contributed by atoms with Gasteiger partial charge in [0, 0.05) is 6.54 Å². The Hall–Kier alpha value is -1.52. The van der Waals surface area contributed by atoms with Crippen LogP contribution in [0.3, 0.4) is 0 Å². The highest BCUT2D eigenvalue weighted by molar-refractivity contribution is 6.21. The molecule has 2 aliphatic rings. The van der Waals surface area contributed by atoms with Crippen LogP contribution in [0.25, 0.3) is 0 Å². The topological polar surface area (TPSA) is 61.5 Å². The van der Waals surface area contributed by atoms with E-state index in [1.54, 1.807) is 12.7 Å². The number of amidine groups is 2. The lowest BCUT2D eigenvalue weighted by Gasteiger charge is -2.14. The van der Waals surface area contributed by atoms with E-state index in [1.807, 2.05) is 0 Å². The van der Waals surface area contributed by atoms with Crippen LogP contribution in [-0.2, 0) is 0 Å². The van der Waals surface area contributed by atoms with Crippen molar-refractivity contribution in [2.24, 2.45) is 20.0 Å². The Morgan fingerprint density at radius 1 is 1.22 bits per heavy atom. The molecule has 0 spiro atoms. The fourth-order valence-electron chi connectivity index (χ4n) is 2.06. The Balaban J connectivity index is 1.69. The van der Waals surface area contributed by atoms with Crippen LogP contribution in [0.4, 0.5) is 0 Å². The fourth-order valence-corrected chi connectivity index (χ4v) is 2.06. The van der Waals surface area contributed by atoms with Crippen molar-refractivity contribution in [2.45, 2.75) is 51.5 Å². The maximum Gasteiger partial charge on any atom is 0.168 e. The monoisotopic (exact) mass is 247 g/mol. The molecule has 0 aliphatic carbocycles. The maximum atomic E-state index is 4.53. The molecule has 5 nitrogen and oxygen atoms in total. The Morgan fingerprint density at radius 2 is 2.06 bits per heavy atom. The molecule has 2 heterocycles. The van der Waals surface area contributed by atoms with Crippen molar-refractivity contribution < 1.29 is 0 Å². The minimum atomic E-state index is -0.0879. The highest BCUT2D eigenvalue weighted by Crippen LogP contribution is 2.09. The van der Waals surface area contributed by atoms with E-state index < -0.39 is 0 Å². The van der Waals surface area contributed by atoms with E-state index >= 15 is 0 Å². The second-order valence-electron chi connectivity index (χ2n) is 4.59. The van der Waals surface area contributed by atoms with Crippen molar-refractivity contribution in [3.8, 4) is 0 Å². The van der Waals surface area contributed by atoms with Crippen LogP contribution < -0.4 is 5.32 Å². The van der Waals surface area contributed by atoms with Gasteiger partial charge in [0.05, 0.1) is 6.34 Å². The van der Waals surface area contributed by atoms with Crippen LogP contribution >= 0.6 is 0 Å². The fraction of sp³-hybridized carbons (Fsp3) is 0.692. The van der Waals surface area contributed by atoms with Crippen molar-refractivity contribution in [1.82, 2.24) is 5.32 Å². The minimum absolute atomic E-state index is 0.0879. The highest BCUT2D eigenvalue weighted by Gasteiger charge is 2.25. The van der Waals surface area contributed by atoms with Crippen LogP contribution in [0.2, 0.25) is 0 Å². The third-order valence-corrected chi connectivity index (χ3v) is 3.11. The summed E-state index contributed by atoms with van der Waals surface area (Å²) < 4.78 is 0. The van der Waals surface area contributed by atoms with Gasteiger partial charge in [0.15, 0.2) is 11.9 Å². The van der Waals surface area contributed by atoms with Crippen LogP contribution in [0.1, 0.15) is 45.4 Å². The average molecular weight is 247 g/mol. The van der Waals surface area contributed by atoms with Crippen LogP contribution in [0.5, 0.6) is 0 Å². The van der Waals surface area contributed by atoms with Gasteiger partial charge in [-0.3, -0.25) is 9.98 Å². The first kappa shape index (κ1) is 12.9. The molecule has 0 aromatic heterocycles. The van der Waals surface area contributed by atoms with E-state index in [4.69, 9.17) is 0 Å². The summed E-state index contributed by atoms with van der Waals surface area (Å²) in [7, 11) is 0.